The van der Waals surface area contributed by atoms with E-state index in [1.54, 1.807) is 36.2 Å². The molecule has 0 bridgehead atoms. The molecule has 2 aromatic carbocycles. The molecule has 3 rings (SSSR count). The number of rotatable bonds is 10. The van der Waals surface area contributed by atoms with Crippen LogP contribution >= 0.6 is 0 Å². The fourth-order valence-corrected chi connectivity index (χ4v) is 3.83. The summed E-state index contributed by atoms with van der Waals surface area (Å²) in [6, 6.07) is 12.9. The number of benzene rings is 2. The molecule has 1 aromatic heterocycles. The number of aromatic nitrogens is 1. The highest BCUT2D eigenvalue weighted by atomic mass is 16.5. The van der Waals surface area contributed by atoms with Gasteiger partial charge in [0, 0.05) is 48.4 Å². The van der Waals surface area contributed by atoms with Gasteiger partial charge < -0.3 is 24.3 Å². The lowest BCUT2D eigenvalue weighted by atomic mass is 10.1. The van der Waals surface area contributed by atoms with Crippen LogP contribution in [0.15, 0.2) is 54.4 Å². The third-order valence-corrected chi connectivity index (χ3v) is 5.78. The third kappa shape index (κ3) is 5.42. The second-order valence-corrected chi connectivity index (χ2v) is 8.05. The van der Waals surface area contributed by atoms with Gasteiger partial charge in [0.2, 0.25) is 0 Å². The van der Waals surface area contributed by atoms with Crippen molar-refractivity contribution in [3.63, 3.8) is 0 Å². The number of ether oxygens (including phenoxy) is 2. The minimum Gasteiger partial charge on any atom is -0.493 e. The van der Waals surface area contributed by atoms with Gasteiger partial charge in [-0.25, -0.2) is 0 Å². The molecule has 34 heavy (non-hydrogen) atoms. The van der Waals surface area contributed by atoms with Gasteiger partial charge >= 0.3 is 0 Å². The zero-order chi connectivity index (χ0) is 24.7. The predicted molar refractivity (Wildman–Crippen MR) is 135 cm³/mol. The summed E-state index contributed by atoms with van der Waals surface area (Å²) in [5.41, 5.74) is 2.53. The molecule has 7 nitrogen and oxygen atoms in total. The van der Waals surface area contributed by atoms with Crippen molar-refractivity contribution in [3.05, 3.63) is 65.5 Å². The Morgan fingerprint density at radius 1 is 1.06 bits per heavy atom. The first-order chi connectivity index (χ1) is 16.4. The number of carbonyl (C=O) groups is 2. The highest BCUT2D eigenvalue weighted by molar-refractivity contribution is 6.06. The van der Waals surface area contributed by atoms with Gasteiger partial charge in [-0.1, -0.05) is 31.5 Å². The number of carbonyl (C=O) groups excluding carboxylic acids is 2. The van der Waals surface area contributed by atoms with Crippen LogP contribution in [-0.4, -0.2) is 49.1 Å². The van der Waals surface area contributed by atoms with Crippen molar-refractivity contribution in [2.75, 3.05) is 27.8 Å². The van der Waals surface area contributed by atoms with Gasteiger partial charge in [-0.2, -0.15) is 0 Å². The van der Waals surface area contributed by atoms with Crippen LogP contribution in [0.3, 0.4) is 0 Å². The number of methoxy groups -OCH3 is 2. The first-order valence-corrected chi connectivity index (χ1v) is 11.5. The van der Waals surface area contributed by atoms with E-state index in [0.717, 1.165) is 35.9 Å². The number of nitrogens with zero attached hydrogens (tertiary/aromatic N) is 2. The first kappa shape index (κ1) is 24.9. The van der Waals surface area contributed by atoms with E-state index in [4.69, 9.17) is 9.47 Å². The Morgan fingerprint density at radius 2 is 1.79 bits per heavy atom. The van der Waals surface area contributed by atoms with Gasteiger partial charge in [0.25, 0.3) is 11.8 Å². The third-order valence-electron chi connectivity index (χ3n) is 5.78. The van der Waals surface area contributed by atoms with Crippen molar-refractivity contribution in [2.24, 2.45) is 0 Å². The fourth-order valence-electron chi connectivity index (χ4n) is 3.83. The van der Waals surface area contributed by atoms with Crippen molar-refractivity contribution < 1.29 is 19.1 Å². The number of nitrogens with one attached hydrogen (secondary N) is 1. The molecule has 0 spiro atoms. The summed E-state index contributed by atoms with van der Waals surface area (Å²) >= 11 is 0. The number of unbranched alkanes of at least 4 members (excludes halogenated alkanes) is 1. The Kier molecular flexibility index (Phi) is 8.35. The largest absolute Gasteiger partial charge is 0.493 e. The quantitative estimate of drug-likeness (QED) is 0.442. The molecule has 0 fully saturated rings. The topological polar surface area (TPSA) is 72.8 Å². The van der Waals surface area contributed by atoms with Gasteiger partial charge in [-0.3, -0.25) is 9.59 Å². The summed E-state index contributed by atoms with van der Waals surface area (Å²) < 4.78 is 12.7. The lowest BCUT2D eigenvalue weighted by molar-refractivity contribution is -0.126. The van der Waals surface area contributed by atoms with Crippen LogP contribution in [0.25, 0.3) is 17.0 Å². The van der Waals surface area contributed by atoms with E-state index in [2.05, 4.69) is 23.7 Å². The summed E-state index contributed by atoms with van der Waals surface area (Å²) in [6.07, 6.45) is 5.62. The maximum atomic E-state index is 13.3. The van der Waals surface area contributed by atoms with Crippen LogP contribution in [-0.2, 0) is 11.3 Å². The Balaban J connectivity index is 2.01. The van der Waals surface area contributed by atoms with E-state index in [1.807, 2.05) is 30.5 Å². The average molecular weight is 464 g/mol. The molecule has 3 aromatic rings. The second-order valence-electron chi connectivity index (χ2n) is 8.05. The van der Waals surface area contributed by atoms with Crippen molar-refractivity contribution in [3.8, 4) is 11.5 Å². The normalized spacial score (nSPS) is 11.4. The Morgan fingerprint density at radius 3 is 2.47 bits per heavy atom. The standard InChI is InChI=1S/C27H33N3O4/c1-6-8-15-29(3)27(32)22(16-20-18-30(7-2)23-12-10-9-11-21(20)23)28-26(31)19-13-14-24(33-4)25(17-19)34-5/h9-14,16-18H,6-8,15H2,1-5H3,(H,28,31). The molecule has 0 radical (unpaired) electrons. The molecule has 0 aliphatic rings. The van der Waals surface area contributed by atoms with E-state index in [9.17, 15) is 9.59 Å². The first-order valence-electron chi connectivity index (χ1n) is 11.5. The van der Waals surface area contributed by atoms with Gasteiger partial charge in [0.05, 0.1) is 14.2 Å². The summed E-state index contributed by atoms with van der Waals surface area (Å²) in [6.45, 7) is 5.55. The molecule has 0 aliphatic carbocycles. The Hall–Kier alpha value is -3.74. The van der Waals surface area contributed by atoms with E-state index >= 15 is 0 Å². The number of amides is 2. The van der Waals surface area contributed by atoms with Crippen LogP contribution in [0.4, 0.5) is 0 Å². The minimum absolute atomic E-state index is 0.220. The van der Waals surface area contributed by atoms with Gasteiger partial charge in [0.15, 0.2) is 11.5 Å². The highest BCUT2D eigenvalue weighted by Crippen LogP contribution is 2.28. The number of hydrogen-bond acceptors (Lipinski definition) is 4. The molecular weight excluding hydrogens is 430 g/mol. The molecule has 2 amide bonds. The second kappa shape index (κ2) is 11.4. The number of para-hydroxylation sites is 1. The molecule has 0 saturated heterocycles. The smallest absolute Gasteiger partial charge is 0.270 e. The average Bonchev–Trinajstić information content (AvgIpc) is 3.23. The summed E-state index contributed by atoms with van der Waals surface area (Å²) in [4.78, 5) is 28.1. The SMILES string of the molecule is CCCCN(C)C(=O)C(=Cc1cn(CC)c2ccccc12)NC(=O)c1ccc(OC)c(OC)c1. The van der Waals surface area contributed by atoms with Crippen molar-refractivity contribution in [2.45, 2.75) is 33.2 Å². The maximum absolute atomic E-state index is 13.3. The lowest BCUT2D eigenvalue weighted by Crippen LogP contribution is -2.36. The van der Waals surface area contributed by atoms with Crippen molar-refractivity contribution >= 4 is 28.8 Å². The van der Waals surface area contributed by atoms with Crippen molar-refractivity contribution in [1.82, 2.24) is 14.8 Å². The highest BCUT2D eigenvalue weighted by Gasteiger charge is 2.20. The number of likely N-dealkylation sites (N-methyl/N-ethyl adjacent to an activating group) is 1. The lowest BCUT2D eigenvalue weighted by Gasteiger charge is -2.19. The molecule has 0 unspecified atom stereocenters. The summed E-state index contributed by atoms with van der Waals surface area (Å²) in [7, 11) is 4.81. The van der Waals surface area contributed by atoms with Gasteiger partial charge in [-0.05, 0) is 43.7 Å². The van der Waals surface area contributed by atoms with E-state index in [-0.39, 0.29) is 11.6 Å². The molecular formula is C27H33N3O4. The maximum Gasteiger partial charge on any atom is 0.270 e. The number of fused-ring (bicyclic) bond motifs is 1. The molecule has 7 heteroatoms. The van der Waals surface area contributed by atoms with E-state index in [1.165, 1.54) is 14.2 Å². The zero-order valence-corrected chi connectivity index (χ0v) is 20.6. The van der Waals surface area contributed by atoms with E-state index < -0.39 is 5.91 Å². The Bertz CT molecular complexity index is 1200. The van der Waals surface area contributed by atoms with Crippen LogP contribution in [0, 0.1) is 0 Å². The predicted octanol–water partition coefficient (Wildman–Crippen LogP) is 4.71. The fraction of sp³-hybridized carbons (Fsp3) is 0.333. The van der Waals surface area contributed by atoms with Crippen LogP contribution in [0.1, 0.15) is 42.6 Å². The van der Waals surface area contributed by atoms with Crippen LogP contribution < -0.4 is 14.8 Å². The van der Waals surface area contributed by atoms with Gasteiger partial charge in [-0.15, -0.1) is 0 Å². The summed E-state index contributed by atoms with van der Waals surface area (Å²) in [5, 5.41) is 3.86. The molecule has 0 aliphatic heterocycles. The van der Waals surface area contributed by atoms with E-state index in [0.29, 0.717) is 23.6 Å². The molecule has 0 saturated carbocycles. The van der Waals surface area contributed by atoms with Gasteiger partial charge in [0.1, 0.15) is 5.70 Å². The monoisotopic (exact) mass is 463 g/mol. The zero-order valence-electron chi connectivity index (χ0n) is 20.6. The van der Waals surface area contributed by atoms with Crippen LogP contribution in [0.5, 0.6) is 11.5 Å². The summed E-state index contributed by atoms with van der Waals surface area (Å²) in [5.74, 6) is 0.329. The van der Waals surface area contributed by atoms with Crippen LogP contribution in [0.2, 0.25) is 0 Å². The molecule has 1 heterocycles. The number of hydrogen-bond donors (Lipinski definition) is 1. The Labute approximate surface area is 201 Å². The molecule has 1 N–H and O–H groups in total. The molecule has 180 valence electrons. The number of aryl methyl sites for hydroxylation is 1. The van der Waals surface area contributed by atoms with Crippen molar-refractivity contribution in [1.29, 1.82) is 0 Å². The molecule has 0 atom stereocenters. The minimum atomic E-state index is -0.399.